The number of carbonyl (C=O) groups is 1. The van der Waals surface area contributed by atoms with Crippen LogP contribution in [0.25, 0.3) is 16.2 Å². The van der Waals surface area contributed by atoms with Gasteiger partial charge in [0.05, 0.1) is 17.8 Å². The molecule has 0 aliphatic carbocycles. The van der Waals surface area contributed by atoms with E-state index in [0.717, 1.165) is 21.1 Å². The average molecular weight is 304 g/mol. The van der Waals surface area contributed by atoms with E-state index in [1.54, 1.807) is 12.1 Å². The van der Waals surface area contributed by atoms with Crippen molar-refractivity contribution in [2.45, 2.75) is 20.3 Å². The van der Waals surface area contributed by atoms with E-state index in [1.807, 2.05) is 18.2 Å². The first-order chi connectivity index (χ1) is 9.97. The molecule has 2 aromatic heterocycles. The van der Waals surface area contributed by atoms with Gasteiger partial charge in [-0.05, 0) is 38.1 Å². The topological polar surface area (TPSA) is 54.6 Å². The molecule has 0 bridgehead atoms. The summed E-state index contributed by atoms with van der Waals surface area (Å²) in [5.74, 6) is -1.24. The molecule has 0 radical (unpaired) electrons. The first-order valence-electron chi connectivity index (χ1n) is 6.42. The van der Waals surface area contributed by atoms with Gasteiger partial charge in [-0.25, -0.2) is 9.37 Å². The third-order valence-corrected chi connectivity index (χ3v) is 4.53. The van der Waals surface area contributed by atoms with E-state index in [9.17, 15) is 9.18 Å². The number of halogens is 1. The summed E-state index contributed by atoms with van der Waals surface area (Å²) in [7, 11) is 0. The molecule has 6 heteroatoms. The highest BCUT2D eigenvalue weighted by Crippen LogP contribution is 2.31. The first-order valence-corrected chi connectivity index (χ1v) is 7.24. The number of aliphatic carboxylic acids is 1. The summed E-state index contributed by atoms with van der Waals surface area (Å²) in [4.78, 5) is 17.6. The first kappa shape index (κ1) is 13.8. The van der Waals surface area contributed by atoms with E-state index in [2.05, 4.69) is 4.98 Å². The molecule has 0 aliphatic rings. The number of carboxylic acid groups (broad SMARTS) is 1. The summed E-state index contributed by atoms with van der Waals surface area (Å²) in [6.07, 6.45) is -0.120. The molecule has 2 heterocycles. The van der Waals surface area contributed by atoms with Crippen molar-refractivity contribution in [1.29, 1.82) is 0 Å². The van der Waals surface area contributed by atoms with Gasteiger partial charge in [-0.15, -0.1) is 11.3 Å². The van der Waals surface area contributed by atoms with Crippen LogP contribution in [0.1, 0.15) is 16.3 Å². The maximum Gasteiger partial charge on any atom is 0.309 e. The number of aryl methyl sites for hydroxylation is 2. The standard InChI is InChI=1S/C15H13FN2O2S/c1-8-9(2)21-15-17-14(10-3-5-11(16)6-4-10)12(18(8)15)7-13(19)20/h3-6H,7H2,1-2H3,(H,19,20). The Morgan fingerprint density at radius 3 is 2.62 bits per heavy atom. The molecule has 0 fully saturated rings. The lowest BCUT2D eigenvalue weighted by atomic mass is 10.1. The molecule has 0 saturated heterocycles. The number of carboxylic acids is 1. The molecule has 1 aromatic carbocycles. The highest BCUT2D eigenvalue weighted by atomic mass is 32.1. The van der Waals surface area contributed by atoms with Gasteiger partial charge in [0.25, 0.3) is 0 Å². The summed E-state index contributed by atoms with van der Waals surface area (Å²) >= 11 is 1.52. The Hall–Kier alpha value is -2.21. The van der Waals surface area contributed by atoms with E-state index in [1.165, 1.54) is 23.5 Å². The van der Waals surface area contributed by atoms with Gasteiger partial charge in [0.1, 0.15) is 5.82 Å². The summed E-state index contributed by atoms with van der Waals surface area (Å²) in [5.41, 5.74) is 2.95. The number of thiazole rings is 1. The van der Waals surface area contributed by atoms with Crippen LogP contribution in [0.15, 0.2) is 24.3 Å². The van der Waals surface area contributed by atoms with Crippen molar-refractivity contribution in [3.63, 3.8) is 0 Å². The fraction of sp³-hybridized carbons (Fsp3) is 0.200. The maximum absolute atomic E-state index is 13.1. The summed E-state index contributed by atoms with van der Waals surface area (Å²) in [5, 5.41) is 9.16. The Balaban J connectivity index is 2.26. The van der Waals surface area contributed by atoms with Crippen molar-refractivity contribution >= 4 is 22.3 Å². The molecular formula is C15H13FN2O2S. The molecule has 21 heavy (non-hydrogen) atoms. The SMILES string of the molecule is Cc1sc2nc(-c3ccc(F)cc3)c(CC(=O)O)n2c1C. The Bertz CT molecular complexity index is 834. The third-order valence-electron chi connectivity index (χ3n) is 3.47. The third kappa shape index (κ3) is 2.31. The lowest BCUT2D eigenvalue weighted by Crippen LogP contribution is -2.05. The minimum Gasteiger partial charge on any atom is -0.481 e. The highest BCUT2D eigenvalue weighted by Gasteiger charge is 2.20. The zero-order valence-corrected chi connectivity index (χ0v) is 12.4. The van der Waals surface area contributed by atoms with Crippen molar-refractivity contribution in [3.8, 4) is 11.3 Å². The molecule has 1 N–H and O–H groups in total. The monoisotopic (exact) mass is 304 g/mol. The minimum absolute atomic E-state index is 0.120. The van der Waals surface area contributed by atoms with Crippen LogP contribution < -0.4 is 0 Å². The lowest BCUT2D eigenvalue weighted by molar-refractivity contribution is -0.136. The fourth-order valence-corrected chi connectivity index (χ4v) is 3.35. The zero-order valence-electron chi connectivity index (χ0n) is 11.6. The van der Waals surface area contributed by atoms with Crippen LogP contribution in [0.5, 0.6) is 0 Å². The van der Waals surface area contributed by atoms with E-state index in [-0.39, 0.29) is 12.2 Å². The van der Waals surface area contributed by atoms with Crippen molar-refractivity contribution in [2.75, 3.05) is 0 Å². The van der Waals surface area contributed by atoms with Crippen LogP contribution in [-0.4, -0.2) is 20.5 Å². The van der Waals surface area contributed by atoms with Crippen molar-refractivity contribution in [1.82, 2.24) is 9.38 Å². The minimum atomic E-state index is -0.914. The number of hydrogen-bond donors (Lipinski definition) is 1. The molecular weight excluding hydrogens is 291 g/mol. The Morgan fingerprint density at radius 1 is 1.33 bits per heavy atom. The molecule has 0 saturated carbocycles. The van der Waals surface area contributed by atoms with Crippen LogP contribution >= 0.6 is 11.3 Å². The second-order valence-electron chi connectivity index (χ2n) is 4.85. The van der Waals surface area contributed by atoms with Crippen molar-refractivity contribution < 1.29 is 14.3 Å². The number of hydrogen-bond acceptors (Lipinski definition) is 3. The predicted molar refractivity (Wildman–Crippen MR) is 79.3 cm³/mol. The average Bonchev–Trinajstić information content (AvgIpc) is 2.89. The number of benzene rings is 1. The van der Waals surface area contributed by atoms with Gasteiger partial charge in [-0.1, -0.05) is 0 Å². The number of nitrogens with zero attached hydrogens (tertiary/aromatic N) is 2. The smallest absolute Gasteiger partial charge is 0.309 e. The van der Waals surface area contributed by atoms with E-state index < -0.39 is 5.97 Å². The molecule has 0 atom stereocenters. The quantitative estimate of drug-likeness (QED) is 0.806. The van der Waals surface area contributed by atoms with Gasteiger partial charge in [-0.2, -0.15) is 0 Å². The van der Waals surface area contributed by atoms with Crippen LogP contribution in [0, 0.1) is 19.7 Å². The van der Waals surface area contributed by atoms with E-state index in [4.69, 9.17) is 5.11 Å². The van der Waals surface area contributed by atoms with Crippen LogP contribution in [0.3, 0.4) is 0 Å². The summed E-state index contributed by atoms with van der Waals surface area (Å²) in [6, 6.07) is 5.95. The molecule has 108 valence electrons. The Morgan fingerprint density at radius 2 is 2.00 bits per heavy atom. The van der Waals surface area contributed by atoms with Gasteiger partial charge >= 0.3 is 5.97 Å². The maximum atomic E-state index is 13.1. The largest absolute Gasteiger partial charge is 0.481 e. The van der Waals surface area contributed by atoms with Gasteiger partial charge in [0.2, 0.25) is 0 Å². The fourth-order valence-electron chi connectivity index (χ4n) is 2.36. The Labute approximate surface area is 124 Å². The number of fused-ring (bicyclic) bond motifs is 1. The zero-order chi connectivity index (χ0) is 15.1. The Kier molecular flexibility index (Phi) is 3.25. The van der Waals surface area contributed by atoms with Gasteiger partial charge in [0, 0.05) is 16.1 Å². The van der Waals surface area contributed by atoms with E-state index >= 15 is 0 Å². The molecule has 0 unspecified atom stereocenters. The van der Waals surface area contributed by atoms with Gasteiger partial charge < -0.3 is 5.11 Å². The second kappa shape index (κ2) is 4.96. The molecule has 3 aromatic rings. The molecule has 0 amide bonds. The number of rotatable bonds is 3. The molecule has 0 spiro atoms. The predicted octanol–water partition coefficient (Wildman–Crippen LogP) is 3.45. The van der Waals surface area contributed by atoms with Crippen molar-refractivity contribution in [2.24, 2.45) is 0 Å². The number of imidazole rings is 1. The highest BCUT2D eigenvalue weighted by molar-refractivity contribution is 7.17. The normalized spacial score (nSPS) is 11.2. The summed E-state index contributed by atoms with van der Waals surface area (Å²) < 4.78 is 14.9. The van der Waals surface area contributed by atoms with E-state index in [0.29, 0.717) is 11.4 Å². The number of aromatic nitrogens is 2. The molecule has 3 rings (SSSR count). The molecule has 0 aliphatic heterocycles. The molecule has 4 nitrogen and oxygen atoms in total. The summed E-state index contributed by atoms with van der Waals surface area (Å²) in [6.45, 7) is 3.93. The van der Waals surface area contributed by atoms with Crippen LogP contribution in [0.2, 0.25) is 0 Å². The van der Waals surface area contributed by atoms with Crippen LogP contribution in [0.4, 0.5) is 4.39 Å². The van der Waals surface area contributed by atoms with Crippen LogP contribution in [-0.2, 0) is 11.2 Å². The van der Waals surface area contributed by atoms with Crippen molar-refractivity contribution in [3.05, 3.63) is 46.3 Å². The van der Waals surface area contributed by atoms with Gasteiger partial charge in [-0.3, -0.25) is 9.20 Å². The lowest BCUT2D eigenvalue weighted by Gasteiger charge is -2.04. The second-order valence-corrected chi connectivity index (χ2v) is 6.03. The van der Waals surface area contributed by atoms with Gasteiger partial charge in [0.15, 0.2) is 4.96 Å².